The molecule has 0 radical (unpaired) electrons. The van der Waals surface area contributed by atoms with Crippen molar-refractivity contribution in [1.82, 2.24) is 20.4 Å². The van der Waals surface area contributed by atoms with Gasteiger partial charge in [-0.15, -0.1) is 0 Å². The van der Waals surface area contributed by atoms with Crippen molar-refractivity contribution in [3.05, 3.63) is 18.0 Å². The number of rotatable bonds is 6. The summed E-state index contributed by atoms with van der Waals surface area (Å²) in [6, 6.07) is 0.141. The lowest BCUT2D eigenvalue weighted by molar-refractivity contribution is -0.125. The van der Waals surface area contributed by atoms with E-state index in [1.54, 1.807) is 10.9 Å². The van der Waals surface area contributed by atoms with Gasteiger partial charge in [-0.25, -0.2) is 0 Å². The molecule has 0 aromatic carbocycles. The Kier molecular flexibility index (Phi) is 5.97. The highest BCUT2D eigenvalue weighted by molar-refractivity contribution is 5.82. The van der Waals surface area contributed by atoms with Gasteiger partial charge in [0.2, 0.25) is 5.91 Å². The number of aryl methyl sites for hydroxylation is 1. The van der Waals surface area contributed by atoms with Crippen LogP contribution in [0.1, 0.15) is 45.2 Å². The van der Waals surface area contributed by atoms with Crippen molar-refractivity contribution in [2.75, 3.05) is 13.2 Å². The first-order valence-corrected chi connectivity index (χ1v) is 8.10. The van der Waals surface area contributed by atoms with Crippen LogP contribution in [0.3, 0.4) is 0 Å². The molecule has 1 aliphatic heterocycles. The molecule has 0 saturated carbocycles. The van der Waals surface area contributed by atoms with Crippen LogP contribution >= 0.6 is 0 Å². The minimum Gasteiger partial charge on any atom is -0.381 e. The number of aromatic nitrogens is 2. The molecule has 124 valence electrons. The van der Waals surface area contributed by atoms with Crippen molar-refractivity contribution >= 4 is 5.91 Å². The molecule has 22 heavy (non-hydrogen) atoms. The van der Waals surface area contributed by atoms with E-state index < -0.39 is 0 Å². The maximum atomic E-state index is 12.6. The first-order valence-electron chi connectivity index (χ1n) is 8.10. The zero-order chi connectivity index (χ0) is 16.1. The number of nitrogens with zero attached hydrogens (tertiary/aromatic N) is 2. The van der Waals surface area contributed by atoms with Gasteiger partial charge in [-0.05, 0) is 25.7 Å². The molecule has 1 aromatic heterocycles. The lowest BCUT2D eigenvalue weighted by Gasteiger charge is -2.30. The third-order valence-electron chi connectivity index (χ3n) is 4.17. The Morgan fingerprint density at radius 2 is 2.05 bits per heavy atom. The first-order chi connectivity index (χ1) is 10.5. The number of amides is 1. The molecule has 6 nitrogen and oxygen atoms in total. The average molecular weight is 308 g/mol. The maximum absolute atomic E-state index is 12.6. The standard InChI is InChI=1S/C16H28N4O2/c1-11(2)15(19-14-5-7-22-8-6-14)16(21)18-12(3)13-9-17-20(4)10-13/h9-12,14-15,19H,5-8H2,1-4H3,(H,18,21)/t12-,15+/m0/s1. The second-order valence-corrected chi connectivity index (χ2v) is 6.45. The van der Waals surface area contributed by atoms with Crippen LogP contribution in [-0.4, -0.2) is 41.0 Å². The van der Waals surface area contributed by atoms with Crippen molar-refractivity contribution in [2.24, 2.45) is 13.0 Å². The van der Waals surface area contributed by atoms with E-state index in [1.165, 1.54) is 0 Å². The second kappa shape index (κ2) is 7.74. The molecular weight excluding hydrogens is 280 g/mol. The number of carbonyl (C=O) groups is 1. The largest absolute Gasteiger partial charge is 0.381 e. The fraction of sp³-hybridized carbons (Fsp3) is 0.750. The summed E-state index contributed by atoms with van der Waals surface area (Å²) >= 11 is 0. The fourth-order valence-electron chi connectivity index (χ4n) is 2.74. The molecule has 0 spiro atoms. The summed E-state index contributed by atoms with van der Waals surface area (Å²) in [5.74, 6) is 0.293. The van der Waals surface area contributed by atoms with Crippen molar-refractivity contribution in [3.63, 3.8) is 0 Å². The van der Waals surface area contributed by atoms with Crippen molar-refractivity contribution in [2.45, 2.75) is 51.7 Å². The zero-order valence-corrected chi connectivity index (χ0v) is 14.0. The molecule has 2 rings (SSSR count). The summed E-state index contributed by atoms with van der Waals surface area (Å²) in [5.41, 5.74) is 1.02. The lowest BCUT2D eigenvalue weighted by Crippen LogP contribution is -2.52. The van der Waals surface area contributed by atoms with E-state index >= 15 is 0 Å². The Bertz CT molecular complexity index is 480. The van der Waals surface area contributed by atoms with Crippen molar-refractivity contribution < 1.29 is 9.53 Å². The molecule has 6 heteroatoms. The van der Waals surface area contributed by atoms with E-state index in [0.29, 0.717) is 6.04 Å². The molecular formula is C16H28N4O2. The van der Waals surface area contributed by atoms with Gasteiger partial charge in [-0.3, -0.25) is 9.48 Å². The highest BCUT2D eigenvalue weighted by Crippen LogP contribution is 2.14. The minimum absolute atomic E-state index is 0.0426. The first kappa shape index (κ1) is 17.0. The van der Waals surface area contributed by atoms with Crippen LogP contribution in [0.5, 0.6) is 0 Å². The average Bonchev–Trinajstić information content (AvgIpc) is 2.92. The molecule has 0 unspecified atom stereocenters. The molecule has 2 N–H and O–H groups in total. The Morgan fingerprint density at radius 1 is 1.36 bits per heavy atom. The summed E-state index contributed by atoms with van der Waals surface area (Å²) in [5, 5.41) is 10.8. The SMILES string of the molecule is CC(C)[C@@H](NC1CCOCC1)C(=O)N[C@@H](C)c1cnn(C)c1. The summed E-state index contributed by atoms with van der Waals surface area (Å²) < 4.78 is 7.13. The van der Waals surface area contributed by atoms with Gasteiger partial charge >= 0.3 is 0 Å². The van der Waals surface area contributed by atoms with Crippen LogP contribution in [0, 0.1) is 5.92 Å². The molecule has 0 aliphatic carbocycles. The smallest absolute Gasteiger partial charge is 0.237 e. The highest BCUT2D eigenvalue weighted by Gasteiger charge is 2.27. The van der Waals surface area contributed by atoms with Gasteiger partial charge in [-0.2, -0.15) is 5.10 Å². The van der Waals surface area contributed by atoms with Gasteiger partial charge in [0, 0.05) is 38.1 Å². The molecule has 1 amide bonds. The normalized spacial score (nSPS) is 19.1. The second-order valence-electron chi connectivity index (χ2n) is 6.45. The van der Waals surface area contributed by atoms with Crippen LogP contribution in [0.25, 0.3) is 0 Å². The molecule has 2 heterocycles. The summed E-state index contributed by atoms with van der Waals surface area (Å²) in [6.45, 7) is 7.68. The van der Waals surface area contributed by atoms with Gasteiger partial charge < -0.3 is 15.4 Å². The molecule has 2 atom stereocenters. The van der Waals surface area contributed by atoms with Gasteiger partial charge in [0.1, 0.15) is 0 Å². The molecule has 1 aromatic rings. The predicted molar refractivity (Wildman–Crippen MR) is 85.4 cm³/mol. The van der Waals surface area contributed by atoms with E-state index in [9.17, 15) is 4.79 Å². The van der Waals surface area contributed by atoms with E-state index in [1.807, 2.05) is 20.2 Å². The number of hydrogen-bond acceptors (Lipinski definition) is 4. The van der Waals surface area contributed by atoms with E-state index in [-0.39, 0.29) is 23.9 Å². The Balaban J connectivity index is 1.93. The summed E-state index contributed by atoms with van der Waals surface area (Å²) in [7, 11) is 1.88. The lowest BCUT2D eigenvalue weighted by atomic mass is 9.99. The monoisotopic (exact) mass is 308 g/mol. The molecule has 1 aliphatic rings. The summed E-state index contributed by atoms with van der Waals surface area (Å²) in [4.78, 5) is 12.6. The minimum atomic E-state index is -0.178. The van der Waals surface area contributed by atoms with Gasteiger partial charge in [0.05, 0.1) is 18.3 Å². The Labute approximate surface area is 132 Å². The van der Waals surface area contributed by atoms with Crippen LogP contribution in [-0.2, 0) is 16.6 Å². The Morgan fingerprint density at radius 3 is 2.59 bits per heavy atom. The summed E-state index contributed by atoms with van der Waals surface area (Å²) in [6.07, 6.45) is 5.66. The van der Waals surface area contributed by atoms with Crippen molar-refractivity contribution in [3.8, 4) is 0 Å². The third-order valence-corrected chi connectivity index (χ3v) is 4.17. The maximum Gasteiger partial charge on any atom is 0.237 e. The van der Waals surface area contributed by atoms with E-state index in [0.717, 1.165) is 31.6 Å². The van der Waals surface area contributed by atoms with Crippen LogP contribution < -0.4 is 10.6 Å². The number of nitrogens with one attached hydrogen (secondary N) is 2. The topological polar surface area (TPSA) is 68.2 Å². The third kappa shape index (κ3) is 4.55. The molecule has 1 saturated heterocycles. The van der Waals surface area contributed by atoms with E-state index in [2.05, 4.69) is 29.6 Å². The van der Waals surface area contributed by atoms with Gasteiger partial charge in [-0.1, -0.05) is 13.8 Å². The zero-order valence-electron chi connectivity index (χ0n) is 14.0. The quantitative estimate of drug-likeness (QED) is 0.833. The number of ether oxygens (including phenoxy) is 1. The predicted octanol–water partition coefficient (Wildman–Crippen LogP) is 1.39. The highest BCUT2D eigenvalue weighted by atomic mass is 16.5. The number of carbonyl (C=O) groups excluding carboxylic acids is 1. The van der Waals surface area contributed by atoms with Crippen LogP contribution in [0.4, 0.5) is 0 Å². The Hall–Kier alpha value is -1.40. The van der Waals surface area contributed by atoms with Crippen LogP contribution in [0.15, 0.2) is 12.4 Å². The van der Waals surface area contributed by atoms with Crippen molar-refractivity contribution in [1.29, 1.82) is 0 Å². The number of hydrogen-bond donors (Lipinski definition) is 2. The van der Waals surface area contributed by atoms with Gasteiger partial charge in [0.15, 0.2) is 0 Å². The molecule has 0 bridgehead atoms. The van der Waals surface area contributed by atoms with E-state index in [4.69, 9.17) is 4.74 Å². The van der Waals surface area contributed by atoms with Crippen LogP contribution in [0.2, 0.25) is 0 Å². The fourth-order valence-corrected chi connectivity index (χ4v) is 2.74. The molecule has 1 fully saturated rings. The van der Waals surface area contributed by atoms with Gasteiger partial charge in [0.25, 0.3) is 0 Å².